The lowest BCUT2D eigenvalue weighted by molar-refractivity contribution is -0.128. The minimum atomic E-state index is -0.388. The number of hydrogen-bond donors (Lipinski definition) is 0. The van der Waals surface area contributed by atoms with Crippen LogP contribution in [0.4, 0.5) is 10.1 Å². The molecule has 1 saturated heterocycles. The molecule has 0 bridgehead atoms. The summed E-state index contributed by atoms with van der Waals surface area (Å²) in [4.78, 5) is 26.0. The topological polar surface area (TPSA) is 40.6 Å². The van der Waals surface area contributed by atoms with E-state index in [0.29, 0.717) is 43.7 Å². The molecule has 0 saturated carbocycles. The Morgan fingerprint density at radius 2 is 2.05 bits per heavy atom. The predicted octanol–water partition coefficient (Wildman–Crippen LogP) is 1.70. The van der Waals surface area contributed by atoms with Gasteiger partial charge < -0.3 is 9.80 Å². The Kier molecular flexibility index (Phi) is 4.14. The van der Waals surface area contributed by atoms with Crippen molar-refractivity contribution in [3.8, 4) is 0 Å². The Morgan fingerprint density at radius 1 is 1.26 bits per heavy atom. The summed E-state index contributed by atoms with van der Waals surface area (Å²) in [5, 5.41) is 0. The Balaban J connectivity index is 2.23. The van der Waals surface area contributed by atoms with Gasteiger partial charge in [0.15, 0.2) is 6.29 Å². The van der Waals surface area contributed by atoms with E-state index in [2.05, 4.69) is 0 Å². The molecule has 0 aromatic heterocycles. The van der Waals surface area contributed by atoms with E-state index in [-0.39, 0.29) is 11.7 Å². The van der Waals surface area contributed by atoms with Crippen LogP contribution in [0.5, 0.6) is 0 Å². The fourth-order valence-corrected chi connectivity index (χ4v) is 2.42. The van der Waals surface area contributed by atoms with Crippen molar-refractivity contribution in [2.24, 2.45) is 0 Å². The average Bonchev–Trinajstić information content (AvgIpc) is 2.64. The lowest BCUT2D eigenvalue weighted by Crippen LogP contribution is -2.34. The third-order valence-corrected chi connectivity index (χ3v) is 3.40. The molecule has 0 spiro atoms. The molecule has 5 heteroatoms. The van der Waals surface area contributed by atoms with Crippen molar-refractivity contribution >= 4 is 17.9 Å². The van der Waals surface area contributed by atoms with Crippen LogP contribution >= 0.6 is 0 Å². The summed E-state index contributed by atoms with van der Waals surface area (Å²) in [7, 11) is 0. The zero-order valence-electron chi connectivity index (χ0n) is 10.9. The Hall–Kier alpha value is -1.91. The number of rotatable bonds is 2. The van der Waals surface area contributed by atoms with Crippen LogP contribution in [0.15, 0.2) is 18.2 Å². The van der Waals surface area contributed by atoms with E-state index in [1.165, 1.54) is 19.1 Å². The number of para-hydroxylation sites is 1. The second-order valence-electron chi connectivity index (χ2n) is 4.64. The zero-order valence-corrected chi connectivity index (χ0v) is 10.9. The number of benzene rings is 1. The fourth-order valence-electron chi connectivity index (χ4n) is 2.42. The van der Waals surface area contributed by atoms with E-state index in [9.17, 15) is 14.0 Å². The van der Waals surface area contributed by atoms with E-state index in [0.717, 1.165) is 6.42 Å². The standard InChI is InChI=1S/C14H17FN2O2/c1-11(19)16-6-3-7-17(9-8-16)14-12(10-18)4-2-5-13(14)15/h2,4-5,10H,3,6-9H2,1H3. The minimum absolute atomic E-state index is 0.0333. The maximum Gasteiger partial charge on any atom is 0.219 e. The van der Waals surface area contributed by atoms with Crippen LogP contribution in [0.2, 0.25) is 0 Å². The molecule has 0 atom stereocenters. The van der Waals surface area contributed by atoms with Crippen molar-refractivity contribution in [2.45, 2.75) is 13.3 Å². The van der Waals surface area contributed by atoms with Crippen molar-refractivity contribution in [3.63, 3.8) is 0 Å². The van der Waals surface area contributed by atoms with Crippen molar-refractivity contribution in [1.82, 2.24) is 4.90 Å². The number of anilines is 1. The highest BCUT2D eigenvalue weighted by molar-refractivity contribution is 5.85. The normalized spacial score (nSPS) is 16.1. The molecule has 0 unspecified atom stereocenters. The number of nitrogens with zero attached hydrogens (tertiary/aromatic N) is 2. The SMILES string of the molecule is CC(=O)N1CCCN(c2c(F)cccc2C=O)CC1. The Morgan fingerprint density at radius 3 is 2.74 bits per heavy atom. The molecule has 1 amide bonds. The molecule has 4 nitrogen and oxygen atoms in total. The zero-order chi connectivity index (χ0) is 13.8. The summed E-state index contributed by atoms with van der Waals surface area (Å²) in [5.74, 6) is -0.355. The summed E-state index contributed by atoms with van der Waals surface area (Å²) in [6, 6.07) is 4.50. The first kappa shape index (κ1) is 13.5. The molecule has 0 N–H and O–H groups in total. The van der Waals surface area contributed by atoms with Gasteiger partial charge in [0.25, 0.3) is 0 Å². The van der Waals surface area contributed by atoms with Crippen LogP contribution in [-0.2, 0) is 4.79 Å². The molecule has 1 aliphatic rings. The summed E-state index contributed by atoms with van der Waals surface area (Å²) in [6.45, 7) is 3.96. The molecular weight excluding hydrogens is 247 g/mol. The van der Waals surface area contributed by atoms with Gasteiger partial charge in [0, 0.05) is 38.7 Å². The van der Waals surface area contributed by atoms with Gasteiger partial charge >= 0.3 is 0 Å². The number of aldehydes is 1. The molecule has 102 valence electrons. The second-order valence-corrected chi connectivity index (χ2v) is 4.64. The Bertz CT molecular complexity index is 490. The van der Waals surface area contributed by atoms with Crippen molar-refractivity contribution in [2.75, 3.05) is 31.1 Å². The van der Waals surface area contributed by atoms with E-state index >= 15 is 0 Å². The van der Waals surface area contributed by atoms with Gasteiger partial charge in [-0.3, -0.25) is 9.59 Å². The first-order valence-electron chi connectivity index (χ1n) is 6.37. The number of carbonyl (C=O) groups excluding carboxylic acids is 2. The van der Waals surface area contributed by atoms with Gasteiger partial charge in [-0.05, 0) is 18.6 Å². The van der Waals surface area contributed by atoms with Crippen molar-refractivity contribution in [1.29, 1.82) is 0 Å². The minimum Gasteiger partial charge on any atom is -0.367 e. The highest BCUT2D eigenvalue weighted by atomic mass is 19.1. The summed E-state index contributed by atoms with van der Waals surface area (Å²) in [5.41, 5.74) is 0.708. The van der Waals surface area contributed by atoms with Gasteiger partial charge in [0.2, 0.25) is 5.91 Å². The predicted molar refractivity (Wildman–Crippen MR) is 70.9 cm³/mol. The van der Waals surface area contributed by atoms with E-state index in [1.807, 2.05) is 4.90 Å². The van der Waals surface area contributed by atoms with Crippen LogP contribution in [0.25, 0.3) is 0 Å². The lowest BCUT2D eigenvalue weighted by atomic mass is 10.1. The van der Waals surface area contributed by atoms with E-state index in [1.54, 1.807) is 11.0 Å². The smallest absolute Gasteiger partial charge is 0.219 e. The number of carbonyl (C=O) groups is 2. The second kappa shape index (κ2) is 5.82. The van der Waals surface area contributed by atoms with Crippen molar-refractivity contribution in [3.05, 3.63) is 29.6 Å². The van der Waals surface area contributed by atoms with Crippen LogP contribution in [-0.4, -0.2) is 43.3 Å². The van der Waals surface area contributed by atoms with Gasteiger partial charge in [-0.2, -0.15) is 0 Å². The fraction of sp³-hybridized carbons (Fsp3) is 0.429. The van der Waals surface area contributed by atoms with Gasteiger partial charge in [0.1, 0.15) is 5.82 Å². The van der Waals surface area contributed by atoms with Gasteiger partial charge in [-0.25, -0.2) is 4.39 Å². The Labute approximate surface area is 111 Å². The maximum absolute atomic E-state index is 13.9. The summed E-state index contributed by atoms with van der Waals surface area (Å²) >= 11 is 0. The van der Waals surface area contributed by atoms with Crippen molar-refractivity contribution < 1.29 is 14.0 Å². The monoisotopic (exact) mass is 264 g/mol. The molecule has 0 radical (unpaired) electrons. The van der Waals surface area contributed by atoms with Gasteiger partial charge in [0.05, 0.1) is 5.69 Å². The molecule has 2 rings (SSSR count). The number of halogens is 1. The summed E-state index contributed by atoms with van der Waals surface area (Å²) in [6.07, 6.45) is 1.44. The third-order valence-electron chi connectivity index (χ3n) is 3.40. The largest absolute Gasteiger partial charge is 0.367 e. The highest BCUT2D eigenvalue weighted by Crippen LogP contribution is 2.24. The van der Waals surface area contributed by atoms with E-state index in [4.69, 9.17) is 0 Å². The van der Waals surface area contributed by atoms with Crippen LogP contribution < -0.4 is 4.90 Å². The first-order chi connectivity index (χ1) is 9.13. The lowest BCUT2D eigenvalue weighted by Gasteiger charge is -2.25. The molecule has 1 aromatic carbocycles. The van der Waals surface area contributed by atoms with Crippen LogP contribution in [0.1, 0.15) is 23.7 Å². The number of hydrogen-bond acceptors (Lipinski definition) is 3. The molecule has 0 aliphatic carbocycles. The summed E-state index contributed by atoms with van der Waals surface area (Å²) < 4.78 is 13.9. The highest BCUT2D eigenvalue weighted by Gasteiger charge is 2.20. The molecule has 1 fully saturated rings. The maximum atomic E-state index is 13.9. The molecule has 19 heavy (non-hydrogen) atoms. The molecule has 1 heterocycles. The van der Waals surface area contributed by atoms with Crippen LogP contribution in [0.3, 0.4) is 0 Å². The molecular formula is C14H17FN2O2. The van der Waals surface area contributed by atoms with Gasteiger partial charge in [-0.15, -0.1) is 0 Å². The quantitative estimate of drug-likeness (QED) is 0.763. The van der Waals surface area contributed by atoms with Crippen LogP contribution in [0, 0.1) is 5.82 Å². The first-order valence-corrected chi connectivity index (χ1v) is 6.37. The number of amides is 1. The average molecular weight is 264 g/mol. The molecule has 1 aromatic rings. The molecule has 1 aliphatic heterocycles. The van der Waals surface area contributed by atoms with Gasteiger partial charge in [-0.1, -0.05) is 6.07 Å². The third kappa shape index (κ3) is 2.92. The van der Waals surface area contributed by atoms with E-state index < -0.39 is 0 Å².